The van der Waals surface area contributed by atoms with Crippen molar-refractivity contribution in [1.29, 1.82) is 0 Å². The minimum atomic E-state index is 0.141. The van der Waals surface area contributed by atoms with E-state index < -0.39 is 0 Å². The minimum absolute atomic E-state index is 0.141. The van der Waals surface area contributed by atoms with Crippen LogP contribution in [0.1, 0.15) is 25.7 Å². The molecule has 0 amide bonds. The Morgan fingerprint density at radius 1 is 1.38 bits per heavy atom. The number of hydrogen-bond acceptors (Lipinski definition) is 4. The fraction of sp³-hybridized carbons (Fsp3) is 0.316. The molecule has 2 N–H and O–H groups in total. The molecule has 2 heterocycles. The monoisotopic (exact) mass is 324 g/mol. The first kappa shape index (κ1) is 16.3. The van der Waals surface area contributed by atoms with Crippen LogP contribution in [0.3, 0.4) is 0 Å². The van der Waals surface area contributed by atoms with Gasteiger partial charge in [-0.25, -0.2) is 4.98 Å². The van der Waals surface area contributed by atoms with Crippen LogP contribution in [-0.2, 0) is 4.74 Å². The highest BCUT2D eigenvalue weighted by Crippen LogP contribution is 2.32. The van der Waals surface area contributed by atoms with Crippen molar-refractivity contribution in [3.05, 3.63) is 54.1 Å². The number of aromatic nitrogens is 2. The van der Waals surface area contributed by atoms with Gasteiger partial charge in [-0.1, -0.05) is 6.58 Å². The molecule has 1 aromatic carbocycles. The lowest BCUT2D eigenvalue weighted by atomic mass is 10.1. The van der Waals surface area contributed by atoms with E-state index in [2.05, 4.69) is 37.3 Å². The van der Waals surface area contributed by atoms with E-state index in [0.717, 1.165) is 39.4 Å². The average molecular weight is 324 g/mol. The number of methoxy groups -OCH3 is 1. The first-order valence-corrected chi connectivity index (χ1v) is 8.01. The molecule has 0 radical (unpaired) electrons. The summed E-state index contributed by atoms with van der Waals surface area (Å²) in [7, 11) is 3.72. The number of allylic oxidation sites excluding steroid dienone is 3. The van der Waals surface area contributed by atoms with E-state index in [1.54, 1.807) is 7.11 Å². The standard InChI is InChI=1S/C19H24N4O/c1-12-8-15(10-22(4)14(12)3)19-21-17-7-6-16(20)9-18(17)23(19)13(2)11-24-5/h6-10,13H,3,11,20H2,1-2,4-5H3/t13-/m0/s1. The number of fused-ring (bicyclic) bond motifs is 1. The van der Waals surface area contributed by atoms with Crippen molar-refractivity contribution < 1.29 is 4.74 Å². The zero-order chi connectivity index (χ0) is 17.4. The predicted octanol–water partition coefficient (Wildman–Crippen LogP) is 3.57. The van der Waals surface area contributed by atoms with Gasteiger partial charge in [-0.15, -0.1) is 0 Å². The Balaban J connectivity index is 2.22. The van der Waals surface area contributed by atoms with Gasteiger partial charge in [0.1, 0.15) is 5.82 Å². The van der Waals surface area contributed by atoms with Crippen LogP contribution in [0.4, 0.5) is 5.69 Å². The summed E-state index contributed by atoms with van der Waals surface area (Å²) in [5, 5.41) is 0. The molecule has 126 valence electrons. The lowest BCUT2D eigenvalue weighted by Crippen LogP contribution is -2.18. The highest BCUT2D eigenvalue weighted by Gasteiger charge is 2.21. The topological polar surface area (TPSA) is 56.3 Å². The summed E-state index contributed by atoms with van der Waals surface area (Å²) in [5.41, 5.74) is 11.9. The van der Waals surface area contributed by atoms with Gasteiger partial charge in [-0.3, -0.25) is 0 Å². The zero-order valence-electron chi connectivity index (χ0n) is 14.7. The van der Waals surface area contributed by atoms with Crippen LogP contribution in [0, 0.1) is 0 Å². The molecule has 5 heteroatoms. The van der Waals surface area contributed by atoms with Gasteiger partial charge >= 0.3 is 0 Å². The minimum Gasteiger partial charge on any atom is -0.399 e. The van der Waals surface area contributed by atoms with Gasteiger partial charge in [0.2, 0.25) is 0 Å². The normalized spacial score (nSPS) is 16.3. The van der Waals surface area contributed by atoms with Crippen molar-refractivity contribution in [2.24, 2.45) is 0 Å². The van der Waals surface area contributed by atoms with E-state index in [0.29, 0.717) is 6.61 Å². The number of anilines is 1. The number of nitrogens with zero attached hydrogens (tertiary/aromatic N) is 3. The molecular weight excluding hydrogens is 300 g/mol. The summed E-state index contributed by atoms with van der Waals surface area (Å²) in [5.74, 6) is 0.916. The summed E-state index contributed by atoms with van der Waals surface area (Å²) in [6.45, 7) is 8.89. The number of nitrogens with two attached hydrogens (primary N) is 1. The summed E-state index contributed by atoms with van der Waals surface area (Å²) in [6, 6.07) is 5.96. The highest BCUT2D eigenvalue weighted by molar-refractivity contribution is 5.85. The highest BCUT2D eigenvalue weighted by atomic mass is 16.5. The van der Waals surface area contributed by atoms with Crippen LogP contribution < -0.4 is 5.73 Å². The number of nitrogen functional groups attached to an aromatic ring is 1. The zero-order valence-corrected chi connectivity index (χ0v) is 14.7. The Bertz CT molecular complexity index is 860. The van der Waals surface area contributed by atoms with Gasteiger partial charge in [0.15, 0.2) is 0 Å². The summed E-state index contributed by atoms with van der Waals surface area (Å²) in [6.07, 6.45) is 4.19. The van der Waals surface area contributed by atoms with Crippen LogP contribution in [0.5, 0.6) is 0 Å². The molecule has 1 aliphatic rings. The van der Waals surface area contributed by atoms with E-state index in [1.165, 1.54) is 0 Å². The molecule has 2 aromatic rings. The van der Waals surface area contributed by atoms with Crippen molar-refractivity contribution >= 4 is 22.3 Å². The maximum absolute atomic E-state index is 6.00. The van der Waals surface area contributed by atoms with Crippen molar-refractivity contribution in [3.63, 3.8) is 0 Å². The SMILES string of the molecule is C=C1C(C)=CC(c2nc3ccc(N)cc3n2[C@@H](C)COC)=CN1C. The van der Waals surface area contributed by atoms with E-state index in [1.807, 2.05) is 30.1 Å². The van der Waals surface area contributed by atoms with Crippen molar-refractivity contribution in [3.8, 4) is 0 Å². The molecule has 0 saturated heterocycles. The number of benzene rings is 1. The fourth-order valence-electron chi connectivity index (χ4n) is 3.12. The molecule has 1 atom stereocenters. The molecular formula is C19H24N4O. The van der Waals surface area contributed by atoms with Gasteiger partial charge in [0, 0.05) is 37.3 Å². The number of rotatable bonds is 4. The molecule has 3 rings (SSSR count). The first-order valence-electron chi connectivity index (χ1n) is 8.01. The molecule has 0 fully saturated rings. The second kappa shape index (κ2) is 6.17. The maximum atomic E-state index is 6.00. The molecule has 1 aliphatic heterocycles. The Hall–Kier alpha value is -2.53. The van der Waals surface area contributed by atoms with Gasteiger partial charge in [-0.05, 0) is 43.7 Å². The van der Waals surface area contributed by atoms with Crippen LogP contribution in [0.2, 0.25) is 0 Å². The summed E-state index contributed by atoms with van der Waals surface area (Å²) in [4.78, 5) is 6.89. The van der Waals surface area contributed by atoms with Crippen molar-refractivity contribution in [2.75, 3.05) is 26.5 Å². The van der Waals surface area contributed by atoms with Crippen molar-refractivity contribution in [2.45, 2.75) is 19.9 Å². The lowest BCUT2D eigenvalue weighted by Gasteiger charge is -2.25. The maximum Gasteiger partial charge on any atom is 0.142 e. The molecule has 0 bridgehead atoms. The van der Waals surface area contributed by atoms with E-state index in [4.69, 9.17) is 15.5 Å². The second-order valence-corrected chi connectivity index (χ2v) is 6.33. The number of imidazole rings is 1. The number of ether oxygens (including phenoxy) is 1. The van der Waals surface area contributed by atoms with Crippen LogP contribution in [-0.4, -0.2) is 35.2 Å². The van der Waals surface area contributed by atoms with E-state index in [-0.39, 0.29) is 6.04 Å². The number of hydrogen-bond donors (Lipinski definition) is 1. The first-order chi connectivity index (χ1) is 11.4. The van der Waals surface area contributed by atoms with Crippen LogP contribution >= 0.6 is 0 Å². The Kier molecular flexibility index (Phi) is 4.20. The van der Waals surface area contributed by atoms with Gasteiger partial charge in [0.05, 0.1) is 23.7 Å². The molecule has 0 aliphatic carbocycles. The van der Waals surface area contributed by atoms with Gasteiger partial charge < -0.3 is 19.9 Å². The van der Waals surface area contributed by atoms with Crippen LogP contribution in [0.25, 0.3) is 16.6 Å². The van der Waals surface area contributed by atoms with Crippen LogP contribution in [0.15, 0.2) is 48.3 Å². The summed E-state index contributed by atoms with van der Waals surface area (Å²) < 4.78 is 7.57. The van der Waals surface area contributed by atoms with E-state index in [9.17, 15) is 0 Å². The molecule has 5 nitrogen and oxygen atoms in total. The quantitative estimate of drug-likeness (QED) is 0.874. The van der Waals surface area contributed by atoms with Gasteiger partial charge in [0.25, 0.3) is 0 Å². The van der Waals surface area contributed by atoms with Gasteiger partial charge in [-0.2, -0.15) is 0 Å². The third-order valence-electron chi connectivity index (χ3n) is 4.41. The Labute approximate surface area is 142 Å². The Morgan fingerprint density at radius 3 is 2.79 bits per heavy atom. The van der Waals surface area contributed by atoms with E-state index >= 15 is 0 Å². The predicted molar refractivity (Wildman–Crippen MR) is 99.4 cm³/mol. The smallest absolute Gasteiger partial charge is 0.142 e. The molecule has 0 saturated carbocycles. The molecule has 0 spiro atoms. The Morgan fingerprint density at radius 2 is 2.12 bits per heavy atom. The molecule has 24 heavy (non-hydrogen) atoms. The number of likely N-dealkylation sites (N-methyl/N-ethyl adjacent to an activating group) is 1. The molecule has 1 aromatic heterocycles. The second-order valence-electron chi connectivity index (χ2n) is 6.33. The third kappa shape index (κ3) is 2.71. The summed E-state index contributed by atoms with van der Waals surface area (Å²) >= 11 is 0. The lowest BCUT2D eigenvalue weighted by molar-refractivity contribution is 0.163. The molecule has 0 unspecified atom stereocenters. The third-order valence-corrected chi connectivity index (χ3v) is 4.41. The largest absolute Gasteiger partial charge is 0.399 e. The van der Waals surface area contributed by atoms with Crippen molar-refractivity contribution in [1.82, 2.24) is 14.5 Å². The average Bonchev–Trinajstić information content (AvgIpc) is 2.91. The fourth-order valence-corrected chi connectivity index (χ4v) is 3.12.